The molecule has 3 unspecified atom stereocenters. The van der Waals surface area contributed by atoms with Gasteiger partial charge in [0.15, 0.2) is 0 Å². The molecule has 4 aliphatic carbocycles. The molecular weight excluding hydrogens is 773 g/mol. The maximum absolute atomic E-state index is 2.61. The molecule has 15 rings (SSSR count). The molecule has 0 N–H and O–H groups in total. The van der Waals surface area contributed by atoms with Gasteiger partial charge in [0.05, 0.1) is 16.7 Å². The quantitative estimate of drug-likeness (QED) is 0.152. The van der Waals surface area contributed by atoms with Crippen LogP contribution in [0.2, 0.25) is 0 Å². The van der Waals surface area contributed by atoms with Gasteiger partial charge in [-0.2, -0.15) is 0 Å². The van der Waals surface area contributed by atoms with Crippen molar-refractivity contribution in [3.63, 3.8) is 0 Å². The smallest absolute Gasteiger partial charge is 0.0619 e. The minimum atomic E-state index is 0.283. The fourth-order valence-electron chi connectivity index (χ4n) is 14.6. The lowest BCUT2D eigenvalue weighted by atomic mass is 9.53. The van der Waals surface area contributed by atoms with E-state index in [2.05, 4.69) is 210 Å². The molecule has 4 saturated carbocycles. The molecule has 2 nitrogen and oxygen atoms in total. The monoisotopic (exact) mass is 818 g/mol. The number of benzene rings is 10. The van der Waals surface area contributed by atoms with E-state index in [1.54, 1.807) is 5.56 Å². The van der Waals surface area contributed by atoms with E-state index in [1.807, 2.05) is 0 Å². The molecule has 4 fully saturated rings. The van der Waals surface area contributed by atoms with Gasteiger partial charge in [-0.1, -0.05) is 158 Å². The molecule has 1 heterocycles. The highest BCUT2D eigenvalue weighted by Crippen LogP contribution is 2.79. The lowest BCUT2D eigenvalue weighted by Crippen LogP contribution is -2.47. The van der Waals surface area contributed by atoms with Crippen LogP contribution in [0.1, 0.15) is 31.2 Å². The maximum atomic E-state index is 2.61. The van der Waals surface area contributed by atoms with Crippen molar-refractivity contribution < 1.29 is 0 Å². The highest BCUT2D eigenvalue weighted by atomic mass is 15.1. The molecule has 6 atom stereocenters. The van der Waals surface area contributed by atoms with Crippen LogP contribution in [0.15, 0.2) is 200 Å². The minimum absolute atomic E-state index is 0.283. The van der Waals surface area contributed by atoms with E-state index in [0.717, 1.165) is 29.6 Å². The number of hydrogen-bond donors (Lipinski definition) is 0. The van der Waals surface area contributed by atoms with Crippen LogP contribution >= 0.6 is 0 Å². The zero-order valence-electron chi connectivity index (χ0n) is 35.7. The topological polar surface area (TPSA) is 8.17 Å². The summed E-state index contributed by atoms with van der Waals surface area (Å²) in [5.74, 6) is 4.61. The standard InChI is InChI=1S/C62H46N2/c1-2-15-46-38(13-1)27-31-53-52-20-8-11-23-57(52)64(61(46)53)56-22-10-7-14-45(56)39-25-28-43(29-26-39)63(58-24-12-9-21-55(58)62-36-41-33-40-34-42(37-62)60(62)59(40)41)44-30-32-51-49-18-4-3-16-47(49)48-17-5-6-19-50(48)54(51)35-44/h1-32,35,40-42,59-60H,33-34,36-37H2/t40-,41?,42?,59+,60?,62-/m1/s1. The molecule has 0 saturated heterocycles. The number of hydrogen-bond acceptors (Lipinski definition) is 1. The predicted octanol–water partition coefficient (Wildman–Crippen LogP) is 16.5. The van der Waals surface area contributed by atoms with Crippen LogP contribution in [0.4, 0.5) is 17.1 Å². The van der Waals surface area contributed by atoms with Crippen molar-refractivity contribution in [2.45, 2.75) is 31.1 Å². The van der Waals surface area contributed by atoms with Gasteiger partial charge < -0.3 is 9.47 Å². The van der Waals surface area contributed by atoms with E-state index in [0.29, 0.717) is 0 Å². The zero-order valence-corrected chi connectivity index (χ0v) is 35.7. The second-order valence-corrected chi connectivity index (χ2v) is 19.7. The first kappa shape index (κ1) is 35.3. The van der Waals surface area contributed by atoms with E-state index in [-0.39, 0.29) is 5.41 Å². The third kappa shape index (κ3) is 4.65. The molecule has 0 aliphatic heterocycles. The van der Waals surface area contributed by atoms with Crippen molar-refractivity contribution in [3.8, 4) is 16.8 Å². The van der Waals surface area contributed by atoms with Crippen LogP contribution in [0.25, 0.3) is 81.7 Å². The summed E-state index contributed by atoms with van der Waals surface area (Å²) in [6.07, 6.45) is 5.65. The Morgan fingerprint density at radius 3 is 1.84 bits per heavy atom. The Balaban J connectivity index is 0.928. The van der Waals surface area contributed by atoms with Crippen molar-refractivity contribution in [1.82, 2.24) is 4.57 Å². The molecule has 4 aliphatic rings. The molecular formula is C62H46N2. The maximum Gasteiger partial charge on any atom is 0.0619 e. The van der Waals surface area contributed by atoms with Crippen molar-refractivity contribution in [1.29, 1.82) is 0 Å². The molecule has 304 valence electrons. The Morgan fingerprint density at radius 1 is 0.438 bits per heavy atom. The highest BCUT2D eigenvalue weighted by molar-refractivity contribution is 6.26. The molecule has 2 heteroatoms. The Hall–Kier alpha value is -7.16. The number of para-hydroxylation sites is 3. The summed E-state index contributed by atoms with van der Waals surface area (Å²) >= 11 is 0. The van der Waals surface area contributed by atoms with E-state index in [9.17, 15) is 0 Å². The van der Waals surface area contributed by atoms with Crippen molar-refractivity contribution in [2.75, 3.05) is 4.90 Å². The minimum Gasteiger partial charge on any atom is -0.310 e. The van der Waals surface area contributed by atoms with E-state index < -0.39 is 0 Å². The first-order chi connectivity index (χ1) is 31.7. The van der Waals surface area contributed by atoms with Gasteiger partial charge in [-0.3, -0.25) is 0 Å². The van der Waals surface area contributed by atoms with Crippen molar-refractivity contribution in [2.24, 2.45) is 29.6 Å². The van der Waals surface area contributed by atoms with Gasteiger partial charge in [0.2, 0.25) is 0 Å². The fourth-order valence-corrected chi connectivity index (χ4v) is 14.6. The van der Waals surface area contributed by atoms with Crippen LogP contribution in [0.5, 0.6) is 0 Å². The Morgan fingerprint density at radius 2 is 1.03 bits per heavy atom. The normalized spacial score (nSPS) is 23.0. The van der Waals surface area contributed by atoms with Crippen molar-refractivity contribution in [3.05, 3.63) is 206 Å². The van der Waals surface area contributed by atoms with Gasteiger partial charge in [0, 0.05) is 44.2 Å². The van der Waals surface area contributed by atoms with Gasteiger partial charge in [-0.05, 0) is 147 Å². The van der Waals surface area contributed by atoms with Crippen LogP contribution in [-0.4, -0.2) is 4.57 Å². The molecule has 0 spiro atoms. The molecule has 1 aromatic heterocycles. The van der Waals surface area contributed by atoms with Crippen molar-refractivity contribution >= 4 is 82.0 Å². The summed E-state index contributed by atoms with van der Waals surface area (Å²) in [4.78, 5) is 2.61. The summed E-state index contributed by atoms with van der Waals surface area (Å²) < 4.78 is 2.51. The molecule has 0 bridgehead atoms. The second kappa shape index (κ2) is 13.0. The van der Waals surface area contributed by atoms with Crippen LogP contribution in [0.3, 0.4) is 0 Å². The molecule has 0 amide bonds. The van der Waals surface area contributed by atoms with Gasteiger partial charge in [0.25, 0.3) is 0 Å². The van der Waals surface area contributed by atoms with E-state index in [1.165, 1.54) is 124 Å². The molecule has 64 heavy (non-hydrogen) atoms. The summed E-state index contributed by atoms with van der Waals surface area (Å²) in [5, 5.41) is 12.9. The van der Waals surface area contributed by atoms with Gasteiger partial charge in [0.1, 0.15) is 0 Å². The fraction of sp³-hybridized carbons (Fsp3) is 0.161. The summed E-state index contributed by atoms with van der Waals surface area (Å²) in [6.45, 7) is 0. The third-order valence-electron chi connectivity index (χ3n) is 16.9. The van der Waals surface area contributed by atoms with Gasteiger partial charge in [-0.15, -0.1) is 0 Å². The predicted molar refractivity (Wildman–Crippen MR) is 269 cm³/mol. The number of aromatic nitrogens is 1. The average Bonchev–Trinajstić information content (AvgIpc) is 3.88. The molecule has 10 aromatic carbocycles. The number of fused-ring (bicyclic) bond motifs is 11. The van der Waals surface area contributed by atoms with Crippen LogP contribution < -0.4 is 4.90 Å². The SMILES string of the molecule is c1ccc(-n2c3ccccc3c3ccc4ccccc4c32)c(-c2ccc(N(c3ccc4c5ccccc5c5ccccc5c4c3)c3ccccc3[C@]34CC5C[C@H]6CC(C3)[C@H]6C54)cc2)c1. The number of nitrogens with zero attached hydrogens (tertiary/aromatic N) is 2. The van der Waals surface area contributed by atoms with Crippen LogP contribution in [-0.2, 0) is 5.41 Å². The Kier molecular flexibility index (Phi) is 7.15. The summed E-state index contributed by atoms with van der Waals surface area (Å²) in [5.41, 5.74) is 11.7. The van der Waals surface area contributed by atoms with E-state index in [4.69, 9.17) is 0 Å². The third-order valence-corrected chi connectivity index (χ3v) is 16.9. The lowest BCUT2D eigenvalue weighted by molar-refractivity contribution is 0.0688. The Bertz CT molecular complexity index is 3710. The number of rotatable bonds is 6. The van der Waals surface area contributed by atoms with Crippen LogP contribution in [0, 0.1) is 29.6 Å². The Labute approximate surface area is 373 Å². The first-order valence-corrected chi connectivity index (χ1v) is 23.6. The van der Waals surface area contributed by atoms with Gasteiger partial charge >= 0.3 is 0 Å². The summed E-state index contributed by atoms with van der Waals surface area (Å²) in [6, 6.07) is 75.5. The highest BCUT2D eigenvalue weighted by Gasteiger charge is 2.73. The second-order valence-electron chi connectivity index (χ2n) is 19.7. The largest absolute Gasteiger partial charge is 0.310 e. The zero-order chi connectivity index (χ0) is 41.7. The molecule has 11 aromatic rings. The molecule has 0 radical (unpaired) electrons. The average molecular weight is 819 g/mol. The summed E-state index contributed by atoms with van der Waals surface area (Å²) in [7, 11) is 0. The van der Waals surface area contributed by atoms with Gasteiger partial charge in [-0.25, -0.2) is 0 Å². The first-order valence-electron chi connectivity index (χ1n) is 23.6. The van der Waals surface area contributed by atoms with E-state index >= 15 is 0 Å². The lowest BCUT2D eigenvalue weighted by Gasteiger charge is -2.52. The number of anilines is 3.